The molecule has 6 nitrogen and oxygen atoms in total. The minimum Gasteiger partial charge on any atom is -0.408 e. The molecule has 0 bridgehead atoms. The monoisotopic (exact) mass is 366 g/mol. The lowest BCUT2D eigenvalue weighted by Gasteiger charge is -2.08. The van der Waals surface area contributed by atoms with Crippen molar-refractivity contribution in [2.45, 2.75) is 12.2 Å². The van der Waals surface area contributed by atoms with E-state index in [1.807, 2.05) is 0 Å². The van der Waals surface area contributed by atoms with Gasteiger partial charge in [-0.15, -0.1) is 0 Å². The summed E-state index contributed by atoms with van der Waals surface area (Å²) < 4.78 is 31.7. The summed E-state index contributed by atoms with van der Waals surface area (Å²) in [5.74, 6) is -0.677. The number of fused-ring (bicyclic) bond motifs is 1. The van der Waals surface area contributed by atoms with Crippen LogP contribution < -0.4 is 10.5 Å². The summed E-state index contributed by atoms with van der Waals surface area (Å²) in [7, 11) is -3.48. The van der Waals surface area contributed by atoms with Gasteiger partial charge in [-0.3, -0.25) is 4.98 Å². The van der Waals surface area contributed by atoms with Crippen LogP contribution in [0.5, 0.6) is 0 Å². The molecule has 3 rings (SSSR count). The molecule has 2 aromatic carbocycles. The van der Waals surface area contributed by atoms with Crippen molar-refractivity contribution in [1.29, 1.82) is 0 Å². The molecule has 0 atom stereocenters. The van der Waals surface area contributed by atoms with Crippen LogP contribution in [0, 0.1) is 0 Å². The Morgan fingerprint density at radius 2 is 1.96 bits per heavy atom. The molecule has 0 fully saturated rings. The van der Waals surface area contributed by atoms with Gasteiger partial charge in [0, 0.05) is 11.6 Å². The molecule has 0 saturated carbocycles. The van der Waals surface area contributed by atoms with E-state index >= 15 is 0 Å². The maximum atomic E-state index is 12.1. The van der Waals surface area contributed by atoms with E-state index in [0.717, 1.165) is 5.56 Å². The predicted octanol–water partition coefficient (Wildman–Crippen LogP) is 2.44. The zero-order valence-electron chi connectivity index (χ0n) is 12.6. The number of hydrogen-bond acceptors (Lipinski definition) is 4. The Labute approximate surface area is 143 Å². The molecular formula is C16H15ClN2O4S. The zero-order chi connectivity index (χ0) is 17.2. The van der Waals surface area contributed by atoms with Gasteiger partial charge in [0.05, 0.1) is 11.3 Å². The summed E-state index contributed by atoms with van der Waals surface area (Å²) in [6.45, 7) is 0.250. The van der Waals surface area contributed by atoms with Crippen LogP contribution in [0.4, 0.5) is 0 Å². The highest BCUT2D eigenvalue weighted by Gasteiger charge is 2.13. The van der Waals surface area contributed by atoms with Gasteiger partial charge in [-0.25, -0.2) is 17.9 Å². The summed E-state index contributed by atoms with van der Waals surface area (Å²) in [6, 6.07) is 12.1. The average molecular weight is 367 g/mol. The molecule has 0 aliphatic carbocycles. The SMILES string of the molecule is O=c1[nH]c2cc(CCNS(=O)(=O)Cc3ccccc3Cl)ccc2o1. The zero-order valence-corrected chi connectivity index (χ0v) is 14.2. The van der Waals surface area contributed by atoms with Crippen LogP contribution in [-0.2, 0) is 22.2 Å². The quantitative estimate of drug-likeness (QED) is 0.700. The molecule has 1 heterocycles. The lowest BCUT2D eigenvalue weighted by molar-refractivity contribution is 0.555. The number of nitrogens with one attached hydrogen (secondary N) is 2. The van der Waals surface area contributed by atoms with Crippen molar-refractivity contribution >= 4 is 32.7 Å². The molecule has 0 aliphatic rings. The maximum Gasteiger partial charge on any atom is 0.417 e. The summed E-state index contributed by atoms with van der Waals surface area (Å²) >= 11 is 5.99. The first kappa shape index (κ1) is 16.8. The molecule has 0 amide bonds. The lowest BCUT2D eigenvalue weighted by Crippen LogP contribution is -2.27. The van der Waals surface area contributed by atoms with E-state index in [2.05, 4.69) is 9.71 Å². The topological polar surface area (TPSA) is 92.2 Å². The second-order valence-electron chi connectivity index (χ2n) is 5.34. The Balaban J connectivity index is 1.62. The van der Waals surface area contributed by atoms with Crippen molar-refractivity contribution in [1.82, 2.24) is 9.71 Å². The Bertz CT molecular complexity index is 1020. The van der Waals surface area contributed by atoms with Gasteiger partial charge >= 0.3 is 5.76 Å². The number of H-pyrrole nitrogens is 1. The van der Waals surface area contributed by atoms with Crippen LogP contribution in [0.25, 0.3) is 11.1 Å². The van der Waals surface area contributed by atoms with Gasteiger partial charge in [-0.1, -0.05) is 35.9 Å². The molecular weight excluding hydrogens is 352 g/mol. The average Bonchev–Trinajstić information content (AvgIpc) is 2.88. The van der Waals surface area contributed by atoms with Crippen molar-refractivity contribution in [3.63, 3.8) is 0 Å². The summed E-state index contributed by atoms with van der Waals surface area (Å²) in [5, 5.41) is 0.428. The number of aromatic nitrogens is 1. The maximum absolute atomic E-state index is 12.1. The summed E-state index contributed by atoms with van der Waals surface area (Å²) in [5.41, 5.74) is 2.52. The third kappa shape index (κ3) is 4.05. The number of sulfonamides is 1. The van der Waals surface area contributed by atoms with Crippen molar-refractivity contribution < 1.29 is 12.8 Å². The predicted molar refractivity (Wildman–Crippen MR) is 92.6 cm³/mol. The number of oxazole rings is 1. The van der Waals surface area contributed by atoms with Crippen LogP contribution in [0.2, 0.25) is 5.02 Å². The molecule has 0 spiro atoms. The fourth-order valence-corrected chi connectivity index (χ4v) is 3.83. The van der Waals surface area contributed by atoms with Crippen LogP contribution in [-0.4, -0.2) is 19.9 Å². The van der Waals surface area contributed by atoms with E-state index in [9.17, 15) is 13.2 Å². The highest BCUT2D eigenvalue weighted by molar-refractivity contribution is 7.88. The fraction of sp³-hybridized carbons (Fsp3) is 0.188. The van der Waals surface area contributed by atoms with Crippen molar-refractivity contribution in [2.24, 2.45) is 0 Å². The van der Waals surface area contributed by atoms with Gasteiger partial charge in [0.25, 0.3) is 0 Å². The second kappa shape index (κ2) is 6.80. The summed E-state index contributed by atoms with van der Waals surface area (Å²) in [6.07, 6.45) is 0.491. The summed E-state index contributed by atoms with van der Waals surface area (Å²) in [4.78, 5) is 13.7. The third-order valence-electron chi connectivity index (χ3n) is 3.52. The molecule has 0 aliphatic heterocycles. The fourth-order valence-electron chi connectivity index (χ4n) is 2.38. The van der Waals surface area contributed by atoms with E-state index in [1.165, 1.54) is 0 Å². The van der Waals surface area contributed by atoms with Crippen molar-refractivity contribution in [2.75, 3.05) is 6.54 Å². The van der Waals surface area contributed by atoms with Gasteiger partial charge < -0.3 is 4.42 Å². The number of aromatic amines is 1. The first-order valence-electron chi connectivity index (χ1n) is 7.25. The van der Waals surface area contributed by atoms with Gasteiger partial charge in [0.15, 0.2) is 5.58 Å². The third-order valence-corrected chi connectivity index (χ3v) is 5.23. The van der Waals surface area contributed by atoms with E-state index in [4.69, 9.17) is 16.0 Å². The molecule has 0 radical (unpaired) electrons. The molecule has 3 aromatic rings. The smallest absolute Gasteiger partial charge is 0.408 e. The Morgan fingerprint density at radius 3 is 2.75 bits per heavy atom. The van der Waals surface area contributed by atoms with E-state index in [1.54, 1.807) is 42.5 Å². The van der Waals surface area contributed by atoms with Gasteiger partial charge in [-0.05, 0) is 35.7 Å². The van der Waals surface area contributed by atoms with Gasteiger partial charge in [-0.2, -0.15) is 0 Å². The first-order valence-corrected chi connectivity index (χ1v) is 9.28. The standard InChI is InChI=1S/C16H15ClN2O4S/c17-13-4-2-1-3-12(13)10-24(21,22)18-8-7-11-5-6-15-14(9-11)19-16(20)23-15/h1-6,9,18H,7-8,10H2,(H,19,20). The Kier molecular flexibility index (Phi) is 4.75. The first-order chi connectivity index (χ1) is 11.4. The molecule has 1 aromatic heterocycles. The molecule has 24 heavy (non-hydrogen) atoms. The number of benzene rings is 2. The Morgan fingerprint density at radius 1 is 1.17 bits per heavy atom. The Hall–Kier alpha value is -2.09. The minimum atomic E-state index is -3.48. The van der Waals surface area contributed by atoms with Crippen LogP contribution >= 0.6 is 11.6 Å². The molecule has 8 heteroatoms. The van der Waals surface area contributed by atoms with Crippen molar-refractivity contribution in [3.8, 4) is 0 Å². The second-order valence-corrected chi connectivity index (χ2v) is 7.55. The molecule has 126 valence electrons. The van der Waals surface area contributed by atoms with E-state index < -0.39 is 15.8 Å². The number of hydrogen-bond donors (Lipinski definition) is 2. The van der Waals surface area contributed by atoms with Gasteiger partial charge in [0.1, 0.15) is 0 Å². The van der Waals surface area contributed by atoms with Crippen LogP contribution in [0.15, 0.2) is 51.7 Å². The van der Waals surface area contributed by atoms with Crippen LogP contribution in [0.3, 0.4) is 0 Å². The van der Waals surface area contributed by atoms with E-state index in [-0.39, 0.29) is 12.3 Å². The minimum absolute atomic E-state index is 0.166. The molecule has 2 N–H and O–H groups in total. The van der Waals surface area contributed by atoms with Gasteiger partial charge in [0.2, 0.25) is 10.0 Å². The lowest BCUT2D eigenvalue weighted by atomic mass is 10.1. The highest BCUT2D eigenvalue weighted by atomic mass is 35.5. The van der Waals surface area contributed by atoms with E-state index in [0.29, 0.717) is 28.1 Å². The highest BCUT2D eigenvalue weighted by Crippen LogP contribution is 2.17. The normalized spacial score (nSPS) is 11.9. The number of halogens is 1. The largest absolute Gasteiger partial charge is 0.417 e. The van der Waals surface area contributed by atoms with Crippen molar-refractivity contribution in [3.05, 3.63) is 69.2 Å². The molecule has 0 unspecified atom stereocenters. The number of rotatable bonds is 6. The van der Waals surface area contributed by atoms with Crippen LogP contribution in [0.1, 0.15) is 11.1 Å². The molecule has 0 saturated heterocycles.